The van der Waals surface area contributed by atoms with Crippen LogP contribution in [0.4, 0.5) is 20.4 Å². The van der Waals surface area contributed by atoms with Crippen LogP contribution in [0.25, 0.3) is 0 Å². The van der Waals surface area contributed by atoms with Crippen LogP contribution in [-0.2, 0) is 4.79 Å². The zero-order chi connectivity index (χ0) is 24.2. The van der Waals surface area contributed by atoms with E-state index in [0.29, 0.717) is 19.5 Å². The van der Waals surface area contributed by atoms with Crippen molar-refractivity contribution < 1.29 is 18.3 Å². The van der Waals surface area contributed by atoms with Crippen molar-refractivity contribution >= 4 is 23.3 Å². The molecule has 4 N–H and O–H groups in total. The van der Waals surface area contributed by atoms with Gasteiger partial charge in [0.1, 0.15) is 18.0 Å². The first-order valence-electron chi connectivity index (χ1n) is 10.3. The molecular formula is C23H21F2N7O2. The lowest BCUT2D eigenvalue weighted by atomic mass is 10.0. The molecular weight excluding hydrogens is 444 g/mol. The van der Waals surface area contributed by atoms with Crippen molar-refractivity contribution in [3.8, 4) is 11.6 Å². The molecule has 3 aromatic rings. The van der Waals surface area contributed by atoms with Gasteiger partial charge in [-0.25, -0.2) is 14.4 Å². The van der Waals surface area contributed by atoms with Crippen LogP contribution in [0.2, 0.25) is 0 Å². The Hall–Kier alpha value is -4.41. The predicted molar refractivity (Wildman–Crippen MR) is 122 cm³/mol. The van der Waals surface area contributed by atoms with Gasteiger partial charge in [-0.05, 0) is 30.7 Å². The van der Waals surface area contributed by atoms with E-state index in [1.54, 1.807) is 11.0 Å². The Morgan fingerprint density at radius 3 is 2.79 bits per heavy atom. The number of rotatable bonds is 7. The maximum absolute atomic E-state index is 14.9. The molecule has 0 radical (unpaired) electrons. The molecule has 1 amide bonds. The van der Waals surface area contributed by atoms with Crippen LogP contribution in [-0.4, -0.2) is 50.6 Å². The van der Waals surface area contributed by atoms with Gasteiger partial charge >= 0.3 is 0 Å². The van der Waals surface area contributed by atoms with E-state index in [0.717, 1.165) is 0 Å². The molecule has 11 heteroatoms. The summed E-state index contributed by atoms with van der Waals surface area (Å²) in [6, 6.07) is 8.13. The molecule has 1 atom stereocenters. The number of benzene rings is 1. The molecule has 34 heavy (non-hydrogen) atoms. The van der Waals surface area contributed by atoms with Crippen molar-refractivity contribution in [2.75, 3.05) is 24.1 Å². The summed E-state index contributed by atoms with van der Waals surface area (Å²) in [4.78, 5) is 25.3. The summed E-state index contributed by atoms with van der Waals surface area (Å²) in [7, 11) is 0. The lowest BCUT2D eigenvalue weighted by molar-refractivity contribution is -0.125. The van der Waals surface area contributed by atoms with Crippen molar-refractivity contribution in [2.24, 2.45) is 0 Å². The van der Waals surface area contributed by atoms with Crippen molar-refractivity contribution in [3.05, 3.63) is 78.3 Å². The summed E-state index contributed by atoms with van der Waals surface area (Å²) in [5.74, 6) is -1.86. The highest BCUT2D eigenvalue weighted by Crippen LogP contribution is 2.27. The van der Waals surface area contributed by atoms with Crippen molar-refractivity contribution in [1.82, 2.24) is 19.9 Å². The highest BCUT2D eigenvalue weighted by Gasteiger charge is 2.27. The van der Waals surface area contributed by atoms with Crippen LogP contribution >= 0.6 is 0 Å². The minimum atomic E-state index is -1.00. The number of nitrogen functional groups attached to an aromatic ring is 1. The van der Waals surface area contributed by atoms with Gasteiger partial charge in [-0.3, -0.25) is 10.2 Å². The maximum atomic E-state index is 14.9. The number of nitrogens with two attached hydrogens (primary N) is 1. The van der Waals surface area contributed by atoms with Crippen LogP contribution in [0.5, 0.6) is 11.6 Å². The van der Waals surface area contributed by atoms with E-state index >= 15 is 0 Å². The lowest BCUT2D eigenvalue weighted by Gasteiger charge is -2.18. The Balaban J connectivity index is 1.57. The molecule has 2 aromatic heterocycles. The number of nitrogens with one attached hydrogen (secondary N) is 2. The van der Waals surface area contributed by atoms with Crippen molar-refractivity contribution in [1.29, 1.82) is 5.41 Å². The molecule has 1 saturated heterocycles. The summed E-state index contributed by atoms with van der Waals surface area (Å²) in [5, 5.41) is 11.7. The average Bonchev–Trinajstić information content (AvgIpc) is 3.28. The Morgan fingerprint density at radius 1 is 1.26 bits per heavy atom. The third-order valence-corrected chi connectivity index (χ3v) is 5.29. The first-order valence-corrected chi connectivity index (χ1v) is 10.3. The number of pyridine rings is 1. The van der Waals surface area contributed by atoms with Crippen LogP contribution in [0.15, 0.2) is 55.4 Å². The van der Waals surface area contributed by atoms with Gasteiger partial charge in [0.15, 0.2) is 11.6 Å². The monoisotopic (exact) mass is 465 g/mol. The van der Waals surface area contributed by atoms with Crippen LogP contribution < -0.4 is 15.8 Å². The second-order valence-electron chi connectivity index (χ2n) is 7.50. The number of anilines is 2. The topological polar surface area (TPSA) is 130 Å². The fourth-order valence-corrected chi connectivity index (χ4v) is 3.59. The molecule has 0 bridgehead atoms. The molecule has 0 spiro atoms. The molecule has 1 fully saturated rings. The average molecular weight is 465 g/mol. The van der Waals surface area contributed by atoms with Gasteiger partial charge in [-0.1, -0.05) is 18.7 Å². The van der Waals surface area contributed by atoms with E-state index in [2.05, 4.69) is 26.8 Å². The van der Waals surface area contributed by atoms with Gasteiger partial charge in [0.05, 0.1) is 16.8 Å². The van der Waals surface area contributed by atoms with E-state index in [1.807, 2.05) is 0 Å². The third-order valence-electron chi connectivity index (χ3n) is 5.29. The summed E-state index contributed by atoms with van der Waals surface area (Å²) in [6.07, 6.45) is 3.13. The first-order chi connectivity index (χ1) is 16.4. The van der Waals surface area contributed by atoms with Gasteiger partial charge in [-0.2, -0.15) is 9.37 Å². The van der Waals surface area contributed by atoms with Gasteiger partial charge in [0.25, 0.3) is 0 Å². The molecule has 1 aliphatic rings. The Bertz CT molecular complexity index is 1270. The number of nitrogens with zero attached hydrogens (tertiary/aromatic N) is 4. The molecule has 1 unspecified atom stereocenters. The SMILES string of the molecule is C=CC(=O)N1CCC(Nc2ncnc(N)c2C(=N)c2ccc(Oc3ccccc3F)nc2F)C1. The number of carbonyl (C=O) groups is 1. The standard InChI is InChI=1S/C23H21F2N7O2/c1-2-18(33)32-10-9-13(11-32)30-23-19(22(27)28-12-29-23)20(26)14-7-8-17(31-21(14)25)34-16-6-4-3-5-15(16)24/h2-8,12-13,26H,1,9-11H2,(H3,27,28,29,30). The van der Waals surface area contributed by atoms with Crippen LogP contribution in [0.1, 0.15) is 17.5 Å². The zero-order valence-corrected chi connectivity index (χ0v) is 18.0. The van der Waals surface area contributed by atoms with Gasteiger partial charge < -0.3 is 20.7 Å². The number of hydrogen-bond donors (Lipinski definition) is 3. The summed E-state index contributed by atoms with van der Waals surface area (Å²) < 4.78 is 34.0. The van der Waals surface area contributed by atoms with E-state index in [1.165, 1.54) is 42.7 Å². The maximum Gasteiger partial charge on any atom is 0.246 e. The quantitative estimate of drug-likeness (QED) is 0.278. The van der Waals surface area contributed by atoms with E-state index in [9.17, 15) is 13.6 Å². The van der Waals surface area contributed by atoms with Gasteiger partial charge in [0.2, 0.25) is 17.7 Å². The number of halogens is 2. The van der Waals surface area contributed by atoms with E-state index in [-0.39, 0.29) is 52.1 Å². The highest BCUT2D eigenvalue weighted by molar-refractivity contribution is 6.16. The molecule has 3 heterocycles. The number of para-hydroxylation sites is 1. The Morgan fingerprint density at radius 2 is 2.06 bits per heavy atom. The molecule has 9 nitrogen and oxygen atoms in total. The summed E-state index contributed by atoms with van der Waals surface area (Å²) in [6.45, 7) is 4.45. The number of likely N-dealkylation sites (tertiary alicyclic amines) is 1. The number of aromatic nitrogens is 3. The van der Waals surface area contributed by atoms with Crippen molar-refractivity contribution in [2.45, 2.75) is 12.5 Å². The minimum Gasteiger partial charge on any atom is -0.436 e. The normalized spacial score (nSPS) is 15.1. The molecule has 1 aromatic carbocycles. The van der Waals surface area contributed by atoms with Gasteiger partial charge in [0, 0.05) is 25.2 Å². The van der Waals surface area contributed by atoms with E-state index < -0.39 is 11.8 Å². The Kier molecular flexibility index (Phi) is 6.44. The van der Waals surface area contributed by atoms with Crippen LogP contribution in [0, 0.1) is 17.2 Å². The number of carbonyl (C=O) groups excluding carboxylic acids is 1. The highest BCUT2D eigenvalue weighted by atomic mass is 19.1. The predicted octanol–water partition coefficient (Wildman–Crippen LogP) is 3.14. The fourth-order valence-electron chi connectivity index (χ4n) is 3.59. The minimum absolute atomic E-state index is 0.0226. The fraction of sp³-hybridized carbons (Fsp3) is 0.174. The summed E-state index contributed by atoms with van der Waals surface area (Å²) >= 11 is 0. The third kappa shape index (κ3) is 4.68. The van der Waals surface area contributed by atoms with Gasteiger partial charge in [-0.15, -0.1) is 0 Å². The largest absolute Gasteiger partial charge is 0.436 e. The Labute approximate surface area is 193 Å². The lowest BCUT2D eigenvalue weighted by Crippen LogP contribution is -2.31. The number of hydrogen-bond acceptors (Lipinski definition) is 8. The molecule has 0 aliphatic carbocycles. The number of amides is 1. The number of ether oxygens (including phenoxy) is 1. The second kappa shape index (κ2) is 9.61. The van der Waals surface area contributed by atoms with Crippen molar-refractivity contribution in [3.63, 3.8) is 0 Å². The molecule has 0 saturated carbocycles. The smallest absolute Gasteiger partial charge is 0.246 e. The molecule has 174 valence electrons. The first kappa shape index (κ1) is 22.8. The van der Waals surface area contributed by atoms with Crippen LogP contribution in [0.3, 0.4) is 0 Å². The summed E-state index contributed by atoms with van der Waals surface area (Å²) in [5.41, 5.74) is 5.65. The zero-order valence-electron chi connectivity index (χ0n) is 18.0. The molecule has 4 rings (SSSR count). The second-order valence-corrected chi connectivity index (χ2v) is 7.50. The molecule has 1 aliphatic heterocycles. The van der Waals surface area contributed by atoms with E-state index in [4.69, 9.17) is 15.9 Å².